The highest BCUT2D eigenvalue weighted by atomic mass is 32.1. The summed E-state index contributed by atoms with van der Waals surface area (Å²) in [6.45, 7) is 4.08. The number of nitrogens with zero attached hydrogens (tertiary/aromatic N) is 1. The number of nitrogens with one attached hydrogen (secondary N) is 1. The Morgan fingerprint density at radius 3 is 2.75 bits per heavy atom. The van der Waals surface area contributed by atoms with Gasteiger partial charge in [-0.25, -0.2) is 4.98 Å². The Morgan fingerprint density at radius 2 is 2.00 bits per heavy atom. The summed E-state index contributed by atoms with van der Waals surface area (Å²) in [7, 11) is 0. The normalized spacial score (nSPS) is 10.6. The van der Waals surface area contributed by atoms with Crippen LogP contribution in [-0.4, -0.2) is 16.0 Å². The fraction of sp³-hybridized carbons (Fsp3) is 0.111. The van der Waals surface area contributed by atoms with Gasteiger partial charge in [-0.15, -0.1) is 11.3 Å². The molecule has 0 saturated carbocycles. The molecule has 0 aliphatic heterocycles. The number of carbonyl (C=O) groups is 1. The Labute approximate surface area is 143 Å². The number of aromatic nitrogens is 1. The Hall–Kier alpha value is -2.86. The molecule has 1 heterocycles. The number of benzene rings is 2. The number of thiazole rings is 1. The molecule has 6 heteroatoms. The number of rotatable bonds is 4. The first kappa shape index (κ1) is 16.0. The van der Waals surface area contributed by atoms with Gasteiger partial charge in [0.05, 0.1) is 11.3 Å². The molecule has 0 bridgehead atoms. The molecule has 3 aromatic rings. The van der Waals surface area contributed by atoms with Crippen LogP contribution in [0.15, 0.2) is 41.8 Å². The van der Waals surface area contributed by atoms with E-state index >= 15 is 0 Å². The molecular formula is C18H17N3O2S. The van der Waals surface area contributed by atoms with Crippen LogP contribution in [-0.2, 0) is 0 Å². The molecular weight excluding hydrogens is 322 g/mol. The van der Waals surface area contributed by atoms with Gasteiger partial charge in [0.1, 0.15) is 5.75 Å². The minimum atomic E-state index is -0.668. The molecule has 0 radical (unpaired) electrons. The number of anilines is 2. The van der Waals surface area contributed by atoms with Gasteiger partial charge < -0.3 is 16.2 Å². The van der Waals surface area contributed by atoms with E-state index in [1.165, 1.54) is 23.0 Å². The lowest BCUT2D eigenvalue weighted by atomic mass is 10.1. The zero-order chi connectivity index (χ0) is 17.3. The third kappa shape index (κ3) is 3.23. The summed E-state index contributed by atoms with van der Waals surface area (Å²) in [5.74, 6) is -0.798. The van der Waals surface area contributed by atoms with Gasteiger partial charge in [0.25, 0.3) is 5.91 Å². The summed E-state index contributed by atoms with van der Waals surface area (Å²) < 4.78 is 0. The van der Waals surface area contributed by atoms with Crippen molar-refractivity contribution in [3.8, 4) is 17.0 Å². The van der Waals surface area contributed by atoms with Crippen LogP contribution >= 0.6 is 11.3 Å². The van der Waals surface area contributed by atoms with Gasteiger partial charge in [-0.2, -0.15) is 0 Å². The van der Waals surface area contributed by atoms with Crippen LogP contribution in [0.3, 0.4) is 0 Å². The second kappa shape index (κ2) is 6.33. The van der Waals surface area contributed by atoms with E-state index in [-0.39, 0.29) is 11.3 Å². The summed E-state index contributed by atoms with van der Waals surface area (Å²) in [6, 6.07) is 10.9. The van der Waals surface area contributed by atoms with Crippen LogP contribution in [0.25, 0.3) is 11.3 Å². The summed E-state index contributed by atoms with van der Waals surface area (Å²) in [4.78, 5) is 15.9. The van der Waals surface area contributed by atoms with Crippen LogP contribution in [0, 0.1) is 13.8 Å². The number of primary amides is 1. The first-order chi connectivity index (χ1) is 11.4. The molecule has 1 amide bonds. The molecule has 1 aromatic heterocycles. The van der Waals surface area contributed by atoms with Crippen molar-refractivity contribution in [2.45, 2.75) is 13.8 Å². The number of hydrogen-bond donors (Lipinski definition) is 3. The lowest BCUT2D eigenvalue weighted by Gasteiger charge is -2.07. The summed E-state index contributed by atoms with van der Waals surface area (Å²) in [5.41, 5.74) is 10.1. The van der Waals surface area contributed by atoms with Crippen molar-refractivity contribution < 1.29 is 9.90 Å². The lowest BCUT2D eigenvalue weighted by Crippen LogP contribution is -2.11. The fourth-order valence-corrected chi connectivity index (χ4v) is 3.07. The molecule has 24 heavy (non-hydrogen) atoms. The molecule has 4 N–H and O–H groups in total. The van der Waals surface area contributed by atoms with Crippen molar-refractivity contribution in [3.63, 3.8) is 0 Å². The van der Waals surface area contributed by atoms with Crippen LogP contribution in [0.5, 0.6) is 5.75 Å². The molecule has 0 fully saturated rings. The Bertz CT molecular complexity index is 918. The number of hydrogen-bond acceptors (Lipinski definition) is 5. The van der Waals surface area contributed by atoms with E-state index in [0.717, 1.165) is 27.6 Å². The lowest BCUT2D eigenvalue weighted by molar-refractivity contribution is 0.0998. The molecule has 0 unspecified atom stereocenters. The molecule has 2 aromatic carbocycles. The van der Waals surface area contributed by atoms with Crippen molar-refractivity contribution in [2.24, 2.45) is 5.73 Å². The third-order valence-corrected chi connectivity index (χ3v) is 4.45. The van der Waals surface area contributed by atoms with Gasteiger partial charge in [-0.05, 0) is 49.2 Å². The Morgan fingerprint density at radius 1 is 1.21 bits per heavy atom. The summed E-state index contributed by atoms with van der Waals surface area (Å²) >= 11 is 1.47. The van der Waals surface area contributed by atoms with Crippen molar-refractivity contribution in [3.05, 3.63) is 58.5 Å². The average molecular weight is 339 g/mol. The maximum Gasteiger partial charge on any atom is 0.252 e. The Balaban J connectivity index is 1.90. The average Bonchev–Trinajstić information content (AvgIpc) is 2.99. The predicted octanol–water partition coefficient (Wildman–Crippen LogP) is 3.98. The van der Waals surface area contributed by atoms with E-state index in [4.69, 9.17) is 5.73 Å². The van der Waals surface area contributed by atoms with Crippen molar-refractivity contribution in [2.75, 3.05) is 5.32 Å². The number of amides is 1. The van der Waals surface area contributed by atoms with Gasteiger partial charge in [0.15, 0.2) is 5.13 Å². The fourth-order valence-electron chi connectivity index (χ4n) is 2.34. The van der Waals surface area contributed by atoms with E-state index in [0.29, 0.717) is 0 Å². The number of carbonyl (C=O) groups excluding carboxylic acids is 1. The minimum absolute atomic E-state index is 0.0875. The van der Waals surface area contributed by atoms with Gasteiger partial charge >= 0.3 is 0 Å². The van der Waals surface area contributed by atoms with Gasteiger partial charge in [-0.3, -0.25) is 4.79 Å². The Kier molecular flexibility index (Phi) is 4.22. The monoisotopic (exact) mass is 339 g/mol. The molecule has 0 atom stereocenters. The van der Waals surface area contributed by atoms with Gasteiger partial charge in [-0.1, -0.05) is 12.1 Å². The van der Waals surface area contributed by atoms with E-state index < -0.39 is 5.91 Å². The largest absolute Gasteiger partial charge is 0.507 e. The minimum Gasteiger partial charge on any atom is -0.507 e. The van der Waals surface area contributed by atoms with E-state index in [1.807, 2.05) is 19.2 Å². The van der Waals surface area contributed by atoms with Crippen molar-refractivity contribution in [1.29, 1.82) is 0 Å². The number of nitrogens with two attached hydrogens (primary N) is 1. The predicted molar refractivity (Wildman–Crippen MR) is 96.9 cm³/mol. The second-order valence-electron chi connectivity index (χ2n) is 5.58. The maximum atomic E-state index is 11.4. The van der Waals surface area contributed by atoms with Crippen molar-refractivity contribution >= 4 is 28.1 Å². The van der Waals surface area contributed by atoms with Crippen molar-refractivity contribution in [1.82, 2.24) is 4.98 Å². The highest BCUT2D eigenvalue weighted by Gasteiger charge is 2.12. The standard InChI is InChI=1S/C18H17N3O2S/c1-10-3-4-11(2)14(7-10)20-18-21-15(9-24-18)12-5-6-16(22)13(8-12)17(19)23/h3-9,22H,1-2H3,(H2,19,23)(H,20,21). The first-order valence-corrected chi connectivity index (χ1v) is 8.25. The zero-order valence-electron chi connectivity index (χ0n) is 13.3. The number of aryl methyl sites for hydroxylation is 2. The zero-order valence-corrected chi connectivity index (χ0v) is 14.1. The number of phenols is 1. The molecule has 0 saturated heterocycles. The SMILES string of the molecule is Cc1ccc(C)c(Nc2nc(-c3ccc(O)c(C(N)=O)c3)cs2)c1. The van der Waals surface area contributed by atoms with Crippen LogP contribution < -0.4 is 11.1 Å². The molecule has 0 spiro atoms. The first-order valence-electron chi connectivity index (χ1n) is 7.37. The third-order valence-electron chi connectivity index (χ3n) is 3.70. The van der Waals surface area contributed by atoms with E-state index in [1.54, 1.807) is 12.1 Å². The second-order valence-corrected chi connectivity index (χ2v) is 6.44. The van der Waals surface area contributed by atoms with Crippen LogP contribution in [0.1, 0.15) is 21.5 Å². The molecule has 0 aliphatic rings. The van der Waals surface area contributed by atoms with Gasteiger partial charge in [0.2, 0.25) is 0 Å². The highest BCUT2D eigenvalue weighted by Crippen LogP contribution is 2.30. The van der Waals surface area contributed by atoms with E-state index in [2.05, 4.69) is 28.5 Å². The summed E-state index contributed by atoms with van der Waals surface area (Å²) in [5, 5.41) is 15.6. The maximum absolute atomic E-state index is 11.4. The van der Waals surface area contributed by atoms with Gasteiger partial charge in [0, 0.05) is 16.6 Å². The molecule has 3 rings (SSSR count). The quantitative estimate of drug-likeness (QED) is 0.671. The van der Waals surface area contributed by atoms with Crippen LogP contribution in [0.2, 0.25) is 0 Å². The smallest absolute Gasteiger partial charge is 0.252 e. The van der Waals surface area contributed by atoms with E-state index in [9.17, 15) is 9.90 Å². The summed E-state index contributed by atoms with van der Waals surface area (Å²) in [6.07, 6.45) is 0. The van der Waals surface area contributed by atoms with Crippen LogP contribution in [0.4, 0.5) is 10.8 Å². The number of aromatic hydroxyl groups is 1. The topological polar surface area (TPSA) is 88.2 Å². The molecule has 0 aliphatic carbocycles. The molecule has 122 valence electrons. The highest BCUT2D eigenvalue weighted by molar-refractivity contribution is 7.14. The molecule has 5 nitrogen and oxygen atoms in total.